The standard InChI is InChI=1S/C7H12O2S/c1-9-7(8)5-3-4-6-10-2/h3,5H,4,6H2,1-2H3. The van der Waals surface area contributed by atoms with E-state index in [1.165, 1.54) is 13.2 Å². The maximum absolute atomic E-state index is 10.5. The number of thioether (sulfide) groups is 1. The summed E-state index contributed by atoms with van der Waals surface area (Å²) in [5.41, 5.74) is 0. The molecular formula is C7H12O2S. The topological polar surface area (TPSA) is 26.3 Å². The first-order valence-electron chi connectivity index (χ1n) is 3.04. The molecule has 58 valence electrons. The third kappa shape index (κ3) is 5.69. The van der Waals surface area contributed by atoms with E-state index in [9.17, 15) is 4.79 Å². The monoisotopic (exact) mass is 160 g/mol. The molecule has 0 aliphatic carbocycles. The highest BCUT2D eigenvalue weighted by molar-refractivity contribution is 7.98. The van der Waals surface area contributed by atoms with E-state index in [1.54, 1.807) is 11.8 Å². The van der Waals surface area contributed by atoms with Crippen LogP contribution in [0, 0.1) is 0 Å². The number of carbonyl (C=O) groups excluding carboxylic acids is 1. The van der Waals surface area contributed by atoms with Crippen molar-refractivity contribution in [1.29, 1.82) is 0 Å². The Balaban J connectivity index is 3.27. The summed E-state index contributed by atoms with van der Waals surface area (Å²) in [5.74, 6) is 0.772. The van der Waals surface area contributed by atoms with Gasteiger partial charge in [-0.15, -0.1) is 0 Å². The quantitative estimate of drug-likeness (QED) is 0.354. The zero-order valence-electron chi connectivity index (χ0n) is 6.29. The second kappa shape index (κ2) is 6.68. The fraction of sp³-hybridized carbons (Fsp3) is 0.571. The SMILES string of the molecule is COC(=O)C=CCCSC. The maximum Gasteiger partial charge on any atom is 0.330 e. The van der Waals surface area contributed by atoms with Crippen LogP contribution in [0.4, 0.5) is 0 Å². The zero-order valence-corrected chi connectivity index (χ0v) is 7.11. The second-order valence-corrected chi connectivity index (χ2v) is 2.69. The minimum absolute atomic E-state index is 0.277. The molecule has 0 aromatic rings. The van der Waals surface area contributed by atoms with Crippen LogP contribution >= 0.6 is 11.8 Å². The first-order chi connectivity index (χ1) is 4.81. The fourth-order valence-electron chi connectivity index (χ4n) is 0.433. The van der Waals surface area contributed by atoms with Gasteiger partial charge in [-0.25, -0.2) is 4.79 Å². The lowest BCUT2D eigenvalue weighted by Crippen LogP contribution is -1.93. The van der Waals surface area contributed by atoms with Gasteiger partial charge in [0.25, 0.3) is 0 Å². The summed E-state index contributed by atoms with van der Waals surface area (Å²) >= 11 is 1.76. The van der Waals surface area contributed by atoms with Gasteiger partial charge in [0.2, 0.25) is 0 Å². The van der Waals surface area contributed by atoms with E-state index in [0.717, 1.165) is 12.2 Å². The number of allylic oxidation sites excluding steroid dienone is 1. The van der Waals surface area contributed by atoms with Gasteiger partial charge in [-0.2, -0.15) is 11.8 Å². The van der Waals surface area contributed by atoms with Gasteiger partial charge in [0.1, 0.15) is 0 Å². The summed E-state index contributed by atoms with van der Waals surface area (Å²) in [4.78, 5) is 10.5. The molecule has 0 aromatic heterocycles. The van der Waals surface area contributed by atoms with Crippen molar-refractivity contribution in [1.82, 2.24) is 0 Å². The molecule has 0 N–H and O–H groups in total. The minimum atomic E-state index is -0.277. The average Bonchev–Trinajstić information content (AvgIpc) is 1.98. The van der Waals surface area contributed by atoms with E-state index in [1.807, 2.05) is 12.3 Å². The van der Waals surface area contributed by atoms with Crippen LogP contribution in [0.25, 0.3) is 0 Å². The van der Waals surface area contributed by atoms with E-state index in [2.05, 4.69) is 4.74 Å². The molecule has 0 heterocycles. The van der Waals surface area contributed by atoms with Gasteiger partial charge >= 0.3 is 5.97 Å². The number of carbonyl (C=O) groups is 1. The summed E-state index contributed by atoms with van der Waals surface area (Å²) < 4.78 is 4.40. The van der Waals surface area contributed by atoms with Crippen LogP contribution in [-0.4, -0.2) is 25.1 Å². The first-order valence-corrected chi connectivity index (χ1v) is 4.44. The Hall–Kier alpha value is -0.440. The highest BCUT2D eigenvalue weighted by Gasteiger charge is 1.87. The molecule has 2 nitrogen and oxygen atoms in total. The number of rotatable bonds is 4. The molecule has 0 saturated carbocycles. The summed E-state index contributed by atoms with van der Waals surface area (Å²) in [5, 5.41) is 0. The average molecular weight is 160 g/mol. The largest absolute Gasteiger partial charge is 0.466 e. The van der Waals surface area contributed by atoms with Gasteiger partial charge in [0, 0.05) is 6.08 Å². The van der Waals surface area contributed by atoms with Gasteiger partial charge < -0.3 is 4.74 Å². The highest BCUT2D eigenvalue weighted by Crippen LogP contribution is 1.95. The van der Waals surface area contributed by atoms with E-state index < -0.39 is 0 Å². The molecule has 0 aliphatic rings. The van der Waals surface area contributed by atoms with E-state index in [-0.39, 0.29) is 5.97 Å². The van der Waals surface area contributed by atoms with E-state index >= 15 is 0 Å². The highest BCUT2D eigenvalue weighted by atomic mass is 32.2. The first kappa shape index (κ1) is 9.56. The fourth-order valence-corrected chi connectivity index (χ4v) is 0.805. The smallest absolute Gasteiger partial charge is 0.330 e. The molecule has 0 fully saturated rings. The lowest BCUT2D eigenvalue weighted by atomic mass is 10.4. The number of hydrogen-bond donors (Lipinski definition) is 0. The molecule has 0 unspecified atom stereocenters. The Morgan fingerprint density at radius 2 is 2.40 bits per heavy atom. The molecule has 0 bridgehead atoms. The molecule has 0 atom stereocenters. The number of esters is 1. The molecule has 3 heteroatoms. The van der Waals surface area contributed by atoms with Crippen LogP contribution in [-0.2, 0) is 9.53 Å². The molecule has 0 saturated heterocycles. The van der Waals surface area contributed by atoms with Crippen molar-refractivity contribution in [2.75, 3.05) is 19.1 Å². The summed E-state index contributed by atoms with van der Waals surface area (Å²) in [7, 11) is 1.38. The molecule has 0 aliphatic heterocycles. The van der Waals surface area contributed by atoms with Gasteiger partial charge in [0.15, 0.2) is 0 Å². The second-order valence-electron chi connectivity index (χ2n) is 1.71. The van der Waals surface area contributed by atoms with E-state index in [0.29, 0.717) is 0 Å². The van der Waals surface area contributed by atoms with Crippen molar-refractivity contribution < 1.29 is 9.53 Å². The predicted octanol–water partition coefficient (Wildman–Crippen LogP) is 1.47. The van der Waals surface area contributed by atoms with Gasteiger partial charge in [-0.1, -0.05) is 6.08 Å². The van der Waals surface area contributed by atoms with E-state index in [4.69, 9.17) is 0 Å². The summed E-state index contributed by atoms with van der Waals surface area (Å²) in [6.45, 7) is 0. The molecular weight excluding hydrogens is 148 g/mol. The third-order valence-corrected chi connectivity index (χ3v) is 1.59. The molecule has 0 aromatic carbocycles. The molecule has 0 amide bonds. The molecule has 0 radical (unpaired) electrons. The van der Waals surface area contributed by atoms with Crippen molar-refractivity contribution in [3.63, 3.8) is 0 Å². The Morgan fingerprint density at radius 1 is 1.70 bits per heavy atom. The van der Waals surface area contributed by atoms with Gasteiger partial charge in [-0.3, -0.25) is 0 Å². The molecule has 0 rings (SSSR count). The maximum atomic E-state index is 10.5. The van der Waals surface area contributed by atoms with Crippen molar-refractivity contribution in [2.45, 2.75) is 6.42 Å². The third-order valence-electron chi connectivity index (χ3n) is 0.944. The van der Waals surface area contributed by atoms with Crippen molar-refractivity contribution in [3.05, 3.63) is 12.2 Å². The summed E-state index contributed by atoms with van der Waals surface area (Å²) in [6, 6.07) is 0. The number of ether oxygens (including phenoxy) is 1. The Morgan fingerprint density at radius 3 is 2.90 bits per heavy atom. The van der Waals surface area contributed by atoms with Gasteiger partial charge in [0.05, 0.1) is 7.11 Å². The van der Waals surface area contributed by atoms with Crippen molar-refractivity contribution in [3.8, 4) is 0 Å². The van der Waals surface area contributed by atoms with Crippen molar-refractivity contribution in [2.24, 2.45) is 0 Å². The number of methoxy groups -OCH3 is 1. The van der Waals surface area contributed by atoms with Gasteiger partial charge in [-0.05, 0) is 18.4 Å². The molecule has 0 spiro atoms. The van der Waals surface area contributed by atoms with Crippen LogP contribution in [0.2, 0.25) is 0 Å². The van der Waals surface area contributed by atoms with Crippen LogP contribution in [0.1, 0.15) is 6.42 Å². The van der Waals surface area contributed by atoms with Crippen LogP contribution in [0.3, 0.4) is 0 Å². The lowest BCUT2D eigenvalue weighted by molar-refractivity contribution is -0.134. The lowest BCUT2D eigenvalue weighted by Gasteiger charge is -1.89. The van der Waals surface area contributed by atoms with Crippen LogP contribution < -0.4 is 0 Å². The van der Waals surface area contributed by atoms with Crippen LogP contribution in [0.5, 0.6) is 0 Å². The van der Waals surface area contributed by atoms with Crippen molar-refractivity contribution >= 4 is 17.7 Å². The minimum Gasteiger partial charge on any atom is -0.466 e. The molecule has 10 heavy (non-hydrogen) atoms. The number of hydrogen-bond acceptors (Lipinski definition) is 3. The summed E-state index contributed by atoms with van der Waals surface area (Å²) in [6.07, 6.45) is 6.24. The predicted molar refractivity (Wildman–Crippen MR) is 44.2 cm³/mol. The Labute approximate surface area is 65.6 Å². The zero-order chi connectivity index (χ0) is 7.82. The van der Waals surface area contributed by atoms with Crippen LogP contribution in [0.15, 0.2) is 12.2 Å². The Bertz CT molecular complexity index is 121. The normalized spacial score (nSPS) is 10.2. The Kier molecular flexibility index (Phi) is 6.38.